The van der Waals surface area contributed by atoms with Crippen LogP contribution in [0.25, 0.3) is 11.1 Å². The Balaban J connectivity index is 1.17. The van der Waals surface area contributed by atoms with Crippen LogP contribution in [0.4, 0.5) is 0 Å². The molecule has 2 fully saturated rings. The zero-order chi connectivity index (χ0) is 31.0. The van der Waals surface area contributed by atoms with Gasteiger partial charge in [-0.3, -0.25) is 14.5 Å². The number of hydrogen-bond acceptors (Lipinski definition) is 5. The van der Waals surface area contributed by atoms with Crippen molar-refractivity contribution in [2.24, 2.45) is 5.92 Å². The van der Waals surface area contributed by atoms with Gasteiger partial charge >= 0.3 is 11.9 Å². The summed E-state index contributed by atoms with van der Waals surface area (Å²) in [4.78, 5) is 27.3. The van der Waals surface area contributed by atoms with Crippen LogP contribution in [-0.4, -0.2) is 41.1 Å². The van der Waals surface area contributed by atoms with Crippen LogP contribution < -0.4 is 4.74 Å². The molecule has 1 saturated carbocycles. The molecule has 2 aliphatic rings. The zero-order valence-corrected chi connectivity index (χ0v) is 27.6. The molecule has 43 heavy (non-hydrogen) atoms. The number of rotatable bonds is 12. The summed E-state index contributed by atoms with van der Waals surface area (Å²) in [5.74, 6) is 1.58. The van der Waals surface area contributed by atoms with E-state index in [0.29, 0.717) is 18.1 Å². The average molecular weight is 590 g/mol. The molecule has 2 aromatic carbocycles. The lowest BCUT2D eigenvalue weighted by atomic mass is 9.77. The van der Waals surface area contributed by atoms with E-state index in [2.05, 4.69) is 70.8 Å². The largest absolute Gasteiger partial charge is 0.462 e. The molecule has 2 aromatic rings. The van der Waals surface area contributed by atoms with Gasteiger partial charge in [0.1, 0.15) is 11.9 Å². The van der Waals surface area contributed by atoms with E-state index in [1.54, 1.807) is 0 Å². The Morgan fingerprint density at radius 2 is 1.33 bits per heavy atom. The first kappa shape index (κ1) is 33.2. The van der Waals surface area contributed by atoms with Crippen molar-refractivity contribution in [3.63, 3.8) is 0 Å². The molecule has 1 heterocycles. The van der Waals surface area contributed by atoms with Crippen molar-refractivity contribution in [2.45, 2.75) is 141 Å². The second-order valence-corrected chi connectivity index (χ2v) is 14.4. The number of carbonyl (C=O) groups excluding carboxylic acids is 2. The van der Waals surface area contributed by atoms with Crippen LogP contribution in [-0.2, 0) is 14.3 Å². The quantitative estimate of drug-likeness (QED) is 0.140. The molecule has 0 N–H and O–H groups in total. The van der Waals surface area contributed by atoms with Gasteiger partial charge in [0.05, 0.1) is 0 Å². The highest BCUT2D eigenvalue weighted by molar-refractivity contribution is 5.74. The Morgan fingerprint density at radius 1 is 0.767 bits per heavy atom. The van der Waals surface area contributed by atoms with Crippen molar-refractivity contribution in [1.29, 1.82) is 0 Å². The van der Waals surface area contributed by atoms with Gasteiger partial charge in [0.25, 0.3) is 0 Å². The Bertz CT molecular complexity index is 1160. The normalized spacial score (nSPS) is 22.2. The minimum absolute atomic E-state index is 0.0396. The van der Waals surface area contributed by atoms with Crippen molar-refractivity contribution in [1.82, 2.24) is 4.90 Å². The predicted molar refractivity (Wildman–Crippen MR) is 175 cm³/mol. The summed E-state index contributed by atoms with van der Waals surface area (Å²) in [6.07, 6.45) is 13.2. The van der Waals surface area contributed by atoms with Gasteiger partial charge in [0, 0.05) is 36.8 Å². The zero-order valence-electron chi connectivity index (χ0n) is 27.6. The van der Waals surface area contributed by atoms with Crippen molar-refractivity contribution < 1.29 is 19.1 Å². The molecule has 5 heteroatoms. The van der Waals surface area contributed by atoms with Gasteiger partial charge in [-0.2, -0.15) is 0 Å². The van der Waals surface area contributed by atoms with Crippen molar-refractivity contribution in [2.75, 3.05) is 7.05 Å². The van der Waals surface area contributed by atoms with Crippen LogP contribution in [0, 0.1) is 5.92 Å². The molecule has 236 valence electrons. The third-order valence-electron chi connectivity index (χ3n) is 10.2. The van der Waals surface area contributed by atoms with Crippen LogP contribution in [0.2, 0.25) is 0 Å². The lowest BCUT2D eigenvalue weighted by molar-refractivity contribution is -0.159. The minimum Gasteiger partial charge on any atom is -0.462 e. The topological polar surface area (TPSA) is 55.8 Å². The summed E-state index contributed by atoms with van der Waals surface area (Å²) in [5.41, 5.74) is 3.66. The molecule has 4 rings (SSSR count). The molecule has 1 saturated heterocycles. The molecule has 0 aromatic heterocycles. The maximum atomic E-state index is 12.5. The third-order valence-corrected chi connectivity index (χ3v) is 10.2. The number of benzene rings is 2. The molecular weight excluding hydrogens is 534 g/mol. The maximum absolute atomic E-state index is 12.5. The number of likely N-dealkylation sites (tertiary alicyclic amines) is 1. The van der Waals surface area contributed by atoms with Gasteiger partial charge < -0.3 is 9.47 Å². The molecule has 0 amide bonds. The molecule has 0 bridgehead atoms. The van der Waals surface area contributed by atoms with Crippen molar-refractivity contribution in [3.05, 3.63) is 54.1 Å². The smallest absolute Gasteiger partial charge is 0.311 e. The molecule has 5 nitrogen and oxygen atoms in total. The average Bonchev–Trinajstić information content (AvgIpc) is 2.97. The maximum Gasteiger partial charge on any atom is 0.311 e. The van der Waals surface area contributed by atoms with Gasteiger partial charge in [-0.25, -0.2) is 0 Å². The van der Waals surface area contributed by atoms with Crippen LogP contribution in [0.1, 0.15) is 130 Å². The lowest BCUT2D eigenvalue weighted by Gasteiger charge is -2.53. The number of ether oxygens (including phenoxy) is 2. The first-order chi connectivity index (χ1) is 20.5. The van der Waals surface area contributed by atoms with Gasteiger partial charge in [0.2, 0.25) is 0 Å². The number of nitrogens with zero attached hydrogens (tertiary/aromatic N) is 1. The number of unbranched alkanes of at least 4 members (excludes halogenated alkanes) is 2. The Kier molecular flexibility index (Phi) is 11.5. The summed E-state index contributed by atoms with van der Waals surface area (Å²) < 4.78 is 11.4. The summed E-state index contributed by atoms with van der Waals surface area (Å²) >= 11 is 0. The number of piperidine rings is 1. The fourth-order valence-corrected chi connectivity index (χ4v) is 7.30. The molecule has 1 aliphatic carbocycles. The number of hydrogen-bond donors (Lipinski definition) is 0. The first-order valence-corrected chi connectivity index (χ1v) is 16.8. The van der Waals surface area contributed by atoms with E-state index in [-0.39, 0.29) is 42.0 Å². The highest BCUT2D eigenvalue weighted by Crippen LogP contribution is 2.39. The van der Waals surface area contributed by atoms with Crippen LogP contribution >= 0.6 is 0 Å². The van der Waals surface area contributed by atoms with Gasteiger partial charge in [-0.05, 0) is 108 Å². The van der Waals surface area contributed by atoms with Crippen molar-refractivity contribution in [3.8, 4) is 16.9 Å². The minimum atomic E-state index is -0.327. The molecule has 0 spiro atoms. The fourth-order valence-electron chi connectivity index (χ4n) is 7.30. The van der Waals surface area contributed by atoms with Gasteiger partial charge in [-0.1, -0.05) is 69.0 Å². The van der Waals surface area contributed by atoms with Crippen molar-refractivity contribution >= 4 is 11.9 Å². The molecular formula is C38H55NO4. The molecule has 1 aliphatic heterocycles. The second kappa shape index (κ2) is 14.9. The van der Waals surface area contributed by atoms with E-state index >= 15 is 0 Å². The van der Waals surface area contributed by atoms with Gasteiger partial charge in [-0.15, -0.1) is 0 Å². The lowest BCUT2D eigenvalue weighted by Crippen LogP contribution is -2.60. The van der Waals surface area contributed by atoms with Gasteiger partial charge in [0.15, 0.2) is 0 Å². The summed E-state index contributed by atoms with van der Waals surface area (Å²) in [6.45, 7) is 11.0. The van der Waals surface area contributed by atoms with E-state index in [1.807, 2.05) is 24.3 Å². The molecule has 0 unspecified atom stereocenters. The molecule has 0 atom stereocenters. The predicted octanol–water partition coefficient (Wildman–Crippen LogP) is 9.48. The van der Waals surface area contributed by atoms with E-state index in [4.69, 9.17) is 9.47 Å². The fraction of sp³-hybridized carbons (Fsp3) is 0.632. The summed E-state index contributed by atoms with van der Waals surface area (Å²) in [5, 5.41) is 0. The van der Waals surface area contributed by atoms with E-state index < -0.39 is 0 Å². The Labute approximate surface area is 260 Å². The SMILES string of the molecule is CCCCCC1CCC(c2ccc(-c3ccc(OC(=O)CCCC(=O)OC4CC(C)(C)N(C)C(C)(C)C4)cc3)cc2)CC1. The van der Waals surface area contributed by atoms with E-state index in [0.717, 1.165) is 24.3 Å². The highest BCUT2D eigenvalue weighted by Gasteiger charge is 2.44. The second-order valence-electron chi connectivity index (χ2n) is 14.4. The third kappa shape index (κ3) is 9.41. The standard InChI is InChI=1S/C38H55NO4/c1-7-8-9-11-28-14-16-29(17-15-28)30-18-20-31(21-19-30)32-22-24-33(25-23-32)42-35(40)12-10-13-36(41)43-34-26-37(2,3)39(6)38(4,5)27-34/h18-25,28-29,34H,7-17,26-27H2,1-6H3. The Hall–Kier alpha value is -2.66. The highest BCUT2D eigenvalue weighted by atomic mass is 16.5. The monoisotopic (exact) mass is 589 g/mol. The number of esters is 2. The van der Waals surface area contributed by atoms with Crippen LogP contribution in [0.5, 0.6) is 5.75 Å². The van der Waals surface area contributed by atoms with E-state index in [1.165, 1.54) is 62.5 Å². The summed E-state index contributed by atoms with van der Waals surface area (Å²) in [7, 11) is 2.13. The van der Waals surface area contributed by atoms with E-state index in [9.17, 15) is 9.59 Å². The summed E-state index contributed by atoms with van der Waals surface area (Å²) in [6, 6.07) is 16.7. The molecule has 0 radical (unpaired) electrons. The van der Waals surface area contributed by atoms with Crippen LogP contribution in [0.15, 0.2) is 48.5 Å². The first-order valence-electron chi connectivity index (χ1n) is 16.8. The van der Waals surface area contributed by atoms with Crippen LogP contribution in [0.3, 0.4) is 0 Å². The Morgan fingerprint density at radius 3 is 1.91 bits per heavy atom. The number of carbonyl (C=O) groups is 2.